The molecule has 0 spiro atoms. The van der Waals surface area contributed by atoms with Gasteiger partial charge in [0.1, 0.15) is 13.2 Å². The lowest BCUT2D eigenvalue weighted by atomic mass is 9.98. The van der Waals surface area contributed by atoms with Crippen LogP contribution in [0.15, 0.2) is 78.9 Å². The van der Waals surface area contributed by atoms with E-state index in [9.17, 15) is 19.5 Å². The lowest BCUT2D eigenvalue weighted by molar-refractivity contribution is -0.136. The molecule has 0 fully saturated rings. The van der Waals surface area contributed by atoms with Crippen molar-refractivity contribution in [3.8, 4) is 11.1 Å². The first-order valence-electron chi connectivity index (χ1n) is 11.1. The molecule has 2 amide bonds. The number of carboxylic acids is 1. The number of ether oxygens (including phenoxy) is 1. The number of anilines is 1. The average Bonchev–Trinajstić information content (AvgIpc) is 3.15. The summed E-state index contributed by atoms with van der Waals surface area (Å²) in [5.74, 6) is -1.58. The van der Waals surface area contributed by atoms with Gasteiger partial charge in [0, 0.05) is 24.1 Å². The molecule has 1 aliphatic carbocycles. The predicted octanol–water partition coefficient (Wildman–Crippen LogP) is 4.42. The number of nitrogens with zero attached hydrogens (tertiary/aromatic N) is 1. The van der Waals surface area contributed by atoms with Crippen molar-refractivity contribution < 1.29 is 24.2 Å². The van der Waals surface area contributed by atoms with E-state index in [0.717, 1.165) is 22.3 Å². The summed E-state index contributed by atoms with van der Waals surface area (Å²) in [5, 5.41) is 11.9. The van der Waals surface area contributed by atoms with Gasteiger partial charge in [-0.3, -0.25) is 9.59 Å². The summed E-state index contributed by atoms with van der Waals surface area (Å²) in [6, 6.07) is 24.2. The predicted molar refractivity (Wildman–Crippen MR) is 129 cm³/mol. The van der Waals surface area contributed by atoms with Gasteiger partial charge < -0.3 is 20.1 Å². The van der Waals surface area contributed by atoms with E-state index in [1.54, 1.807) is 37.3 Å². The third-order valence-corrected chi connectivity index (χ3v) is 5.85. The first-order chi connectivity index (χ1) is 16.4. The average molecular weight is 459 g/mol. The number of aliphatic carboxylic acids is 1. The van der Waals surface area contributed by atoms with Crippen LogP contribution < -0.4 is 10.2 Å². The van der Waals surface area contributed by atoms with E-state index in [1.165, 1.54) is 4.90 Å². The fourth-order valence-corrected chi connectivity index (χ4v) is 4.33. The number of alkyl carbamates (subject to hydrolysis) is 1. The SMILES string of the molecule is C[C@@H](CC(=O)N(CC(=O)O)c1ccccc1)NC(=O)OCC1c2ccccc2-c2ccccc21. The van der Waals surface area contributed by atoms with Crippen LogP contribution in [0.4, 0.5) is 10.5 Å². The minimum absolute atomic E-state index is 0.0563. The number of hydrogen-bond acceptors (Lipinski definition) is 4. The Morgan fingerprint density at radius 3 is 2.06 bits per heavy atom. The van der Waals surface area contributed by atoms with Gasteiger partial charge in [-0.25, -0.2) is 4.79 Å². The summed E-state index contributed by atoms with van der Waals surface area (Å²) < 4.78 is 5.53. The van der Waals surface area contributed by atoms with Crippen LogP contribution in [-0.4, -0.2) is 42.3 Å². The number of carbonyl (C=O) groups excluding carboxylic acids is 2. The summed E-state index contributed by atoms with van der Waals surface area (Å²) in [4.78, 5) is 37.7. The van der Waals surface area contributed by atoms with Crippen molar-refractivity contribution in [2.45, 2.75) is 25.3 Å². The van der Waals surface area contributed by atoms with E-state index in [-0.39, 0.29) is 18.9 Å². The molecule has 3 aromatic rings. The number of para-hydroxylation sites is 1. The number of rotatable bonds is 8. The molecule has 7 nitrogen and oxygen atoms in total. The highest BCUT2D eigenvalue weighted by molar-refractivity contribution is 5.97. The van der Waals surface area contributed by atoms with Crippen LogP contribution in [-0.2, 0) is 14.3 Å². The minimum Gasteiger partial charge on any atom is -0.480 e. The van der Waals surface area contributed by atoms with Gasteiger partial charge in [-0.15, -0.1) is 0 Å². The van der Waals surface area contributed by atoms with E-state index < -0.39 is 30.6 Å². The van der Waals surface area contributed by atoms with Gasteiger partial charge in [-0.05, 0) is 41.3 Å². The maximum atomic E-state index is 12.8. The monoisotopic (exact) mass is 458 g/mol. The molecular weight excluding hydrogens is 432 g/mol. The first-order valence-corrected chi connectivity index (χ1v) is 11.1. The Bertz CT molecular complexity index is 1150. The highest BCUT2D eigenvalue weighted by Crippen LogP contribution is 2.44. The van der Waals surface area contributed by atoms with Crippen molar-refractivity contribution in [2.75, 3.05) is 18.1 Å². The summed E-state index contributed by atoms with van der Waals surface area (Å²) in [6.07, 6.45) is -0.682. The highest BCUT2D eigenvalue weighted by atomic mass is 16.5. The first kappa shape index (κ1) is 23.0. The highest BCUT2D eigenvalue weighted by Gasteiger charge is 2.29. The Morgan fingerprint density at radius 1 is 0.912 bits per heavy atom. The zero-order chi connectivity index (χ0) is 24.1. The standard InChI is InChI=1S/C27H26N2O5/c1-18(15-25(30)29(16-26(31)32)19-9-3-2-4-10-19)28-27(33)34-17-24-22-13-7-5-11-20(22)21-12-6-8-14-23(21)24/h2-14,18,24H,15-17H2,1H3,(H,28,33)(H,31,32)/t18-/m0/s1. The largest absolute Gasteiger partial charge is 0.480 e. The maximum absolute atomic E-state index is 12.8. The van der Waals surface area contributed by atoms with Crippen LogP contribution in [0, 0.1) is 0 Å². The van der Waals surface area contributed by atoms with Gasteiger partial charge in [0.2, 0.25) is 5.91 Å². The summed E-state index contributed by atoms with van der Waals surface area (Å²) >= 11 is 0. The molecule has 0 bridgehead atoms. The maximum Gasteiger partial charge on any atom is 0.407 e. The van der Waals surface area contributed by atoms with Crippen LogP contribution >= 0.6 is 0 Å². The van der Waals surface area contributed by atoms with E-state index in [1.807, 2.05) is 36.4 Å². The van der Waals surface area contributed by atoms with E-state index >= 15 is 0 Å². The molecule has 0 unspecified atom stereocenters. The molecule has 0 aromatic heterocycles. The number of nitrogens with one attached hydrogen (secondary N) is 1. The molecule has 34 heavy (non-hydrogen) atoms. The second-order valence-electron chi connectivity index (χ2n) is 8.28. The van der Waals surface area contributed by atoms with Crippen LogP contribution in [0.25, 0.3) is 11.1 Å². The Labute approximate surface area is 198 Å². The zero-order valence-electron chi connectivity index (χ0n) is 18.8. The number of amides is 2. The van der Waals surface area contributed by atoms with E-state index in [4.69, 9.17) is 4.74 Å². The normalized spacial score (nSPS) is 12.9. The molecule has 0 saturated carbocycles. The van der Waals surface area contributed by atoms with Crippen molar-refractivity contribution in [3.05, 3.63) is 90.0 Å². The van der Waals surface area contributed by atoms with Crippen LogP contribution in [0.3, 0.4) is 0 Å². The van der Waals surface area contributed by atoms with Gasteiger partial charge >= 0.3 is 12.1 Å². The second kappa shape index (κ2) is 10.2. The Hall–Kier alpha value is -4.13. The second-order valence-corrected chi connectivity index (χ2v) is 8.28. The fraction of sp³-hybridized carbons (Fsp3) is 0.222. The molecule has 3 aromatic carbocycles. The topological polar surface area (TPSA) is 95.9 Å². The zero-order valence-corrected chi connectivity index (χ0v) is 18.8. The molecule has 174 valence electrons. The van der Waals surface area contributed by atoms with Gasteiger partial charge in [0.15, 0.2) is 0 Å². The Balaban J connectivity index is 1.35. The van der Waals surface area contributed by atoms with Gasteiger partial charge in [0.05, 0.1) is 0 Å². The molecule has 0 aliphatic heterocycles. The molecule has 0 saturated heterocycles. The van der Waals surface area contributed by atoms with Gasteiger partial charge in [-0.1, -0.05) is 66.7 Å². The fourth-order valence-electron chi connectivity index (χ4n) is 4.33. The molecule has 0 heterocycles. The third kappa shape index (κ3) is 5.09. The van der Waals surface area contributed by atoms with Crippen LogP contribution in [0.1, 0.15) is 30.4 Å². The molecule has 7 heteroatoms. The summed E-state index contributed by atoms with van der Waals surface area (Å²) in [7, 11) is 0. The number of hydrogen-bond donors (Lipinski definition) is 2. The van der Waals surface area contributed by atoms with Gasteiger partial charge in [-0.2, -0.15) is 0 Å². The smallest absolute Gasteiger partial charge is 0.407 e. The molecule has 1 aliphatic rings. The van der Waals surface area contributed by atoms with E-state index in [0.29, 0.717) is 5.69 Å². The van der Waals surface area contributed by atoms with Crippen LogP contribution in [0.5, 0.6) is 0 Å². The molecular formula is C27H26N2O5. The van der Waals surface area contributed by atoms with Gasteiger partial charge in [0.25, 0.3) is 0 Å². The van der Waals surface area contributed by atoms with Crippen LogP contribution in [0.2, 0.25) is 0 Å². The molecule has 1 atom stereocenters. The minimum atomic E-state index is -1.12. The molecule has 2 N–H and O–H groups in total. The van der Waals surface area contributed by atoms with Crippen molar-refractivity contribution in [1.29, 1.82) is 0 Å². The number of carboxylic acid groups (broad SMARTS) is 1. The number of benzene rings is 3. The van der Waals surface area contributed by atoms with Crippen molar-refractivity contribution in [2.24, 2.45) is 0 Å². The van der Waals surface area contributed by atoms with E-state index in [2.05, 4.69) is 17.4 Å². The quantitative estimate of drug-likeness (QED) is 0.521. The van der Waals surface area contributed by atoms with Crippen molar-refractivity contribution in [1.82, 2.24) is 5.32 Å². The number of fused-ring (bicyclic) bond motifs is 3. The Morgan fingerprint density at radius 2 is 1.47 bits per heavy atom. The summed E-state index contributed by atoms with van der Waals surface area (Å²) in [6.45, 7) is 1.40. The molecule has 4 rings (SSSR count). The van der Waals surface area contributed by atoms with Crippen molar-refractivity contribution in [3.63, 3.8) is 0 Å². The molecule has 0 radical (unpaired) electrons. The van der Waals surface area contributed by atoms with Crippen molar-refractivity contribution >= 4 is 23.7 Å². The summed E-state index contributed by atoms with van der Waals surface area (Å²) in [5.41, 5.74) is 5.01. The lowest BCUT2D eigenvalue weighted by Gasteiger charge is -2.23. The third-order valence-electron chi connectivity index (χ3n) is 5.85. The lowest BCUT2D eigenvalue weighted by Crippen LogP contribution is -2.41. The number of carbonyl (C=O) groups is 3. The Kier molecular flexibility index (Phi) is 6.92.